The van der Waals surface area contributed by atoms with Crippen LogP contribution in [0, 0.1) is 0 Å². The molecule has 1 aromatic rings. The topological polar surface area (TPSA) is 55.1 Å². The van der Waals surface area contributed by atoms with Gasteiger partial charge in [0.2, 0.25) is 5.91 Å². The number of primary amides is 1. The number of benzene rings is 1. The third-order valence-electron chi connectivity index (χ3n) is 3.14. The number of thioether (sulfide) groups is 1. The van der Waals surface area contributed by atoms with Crippen molar-refractivity contribution in [3.05, 3.63) is 34.3 Å². The van der Waals surface area contributed by atoms with Crippen molar-refractivity contribution >= 4 is 29.3 Å². The zero-order valence-corrected chi connectivity index (χ0v) is 11.7. The standard InChI is InChI=1S/C13H17ClN2OS/c14-12-7-9(13(15)17)1-2-10(12)8-16-11-3-5-18-6-4-11/h1-2,7,11,16H,3-6,8H2,(H2,15,17). The average molecular weight is 285 g/mol. The van der Waals surface area contributed by atoms with Gasteiger partial charge in [0.15, 0.2) is 0 Å². The summed E-state index contributed by atoms with van der Waals surface area (Å²) in [6, 6.07) is 5.81. The predicted octanol–water partition coefficient (Wildman–Crippen LogP) is 2.42. The van der Waals surface area contributed by atoms with Gasteiger partial charge in [-0.25, -0.2) is 0 Å². The van der Waals surface area contributed by atoms with Gasteiger partial charge in [-0.15, -0.1) is 0 Å². The smallest absolute Gasteiger partial charge is 0.248 e. The first-order chi connectivity index (χ1) is 8.66. The molecular weight excluding hydrogens is 268 g/mol. The summed E-state index contributed by atoms with van der Waals surface area (Å²) in [6.45, 7) is 0.743. The Hall–Kier alpha value is -0.710. The molecule has 5 heteroatoms. The number of carbonyl (C=O) groups is 1. The molecule has 3 N–H and O–H groups in total. The first kappa shape index (κ1) is 13.7. The molecule has 0 atom stereocenters. The second kappa shape index (κ2) is 6.45. The predicted molar refractivity (Wildman–Crippen MR) is 77.2 cm³/mol. The van der Waals surface area contributed by atoms with Gasteiger partial charge < -0.3 is 11.1 Å². The van der Waals surface area contributed by atoms with Crippen molar-refractivity contribution in [2.24, 2.45) is 5.73 Å². The molecule has 3 nitrogen and oxygen atoms in total. The van der Waals surface area contributed by atoms with E-state index in [9.17, 15) is 4.79 Å². The number of rotatable bonds is 4. The highest BCUT2D eigenvalue weighted by molar-refractivity contribution is 7.99. The van der Waals surface area contributed by atoms with Gasteiger partial charge in [0.25, 0.3) is 0 Å². The lowest BCUT2D eigenvalue weighted by Gasteiger charge is -2.22. The van der Waals surface area contributed by atoms with E-state index in [0.717, 1.165) is 12.1 Å². The quantitative estimate of drug-likeness (QED) is 0.893. The van der Waals surface area contributed by atoms with Crippen LogP contribution >= 0.6 is 23.4 Å². The minimum atomic E-state index is -0.444. The highest BCUT2D eigenvalue weighted by Crippen LogP contribution is 2.20. The molecular formula is C13H17ClN2OS. The molecule has 1 aliphatic heterocycles. The largest absolute Gasteiger partial charge is 0.366 e. The average Bonchev–Trinajstić information content (AvgIpc) is 2.38. The molecule has 0 unspecified atom stereocenters. The molecule has 1 saturated heterocycles. The van der Waals surface area contributed by atoms with Crippen molar-refractivity contribution in [2.75, 3.05) is 11.5 Å². The summed E-state index contributed by atoms with van der Waals surface area (Å²) >= 11 is 8.15. The van der Waals surface area contributed by atoms with E-state index in [2.05, 4.69) is 5.32 Å². The summed E-state index contributed by atoms with van der Waals surface area (Å²) < 4.78 is 0. The minimum absolute atomic E-state index is 0.444. The Morgan fingerprint density at radius 1 is 1.44 bits per heavy atom. The fourth-order valence-corrected chi connectivity index (χ4v) is 3.35. The summed E-state index contributed by atoms with van der Waals surface area (Å²) in [4.78, 5) is 11.0. The van der Waals surface area contributed by atoms with E-state index >= 15 is 0 Å². The van der Waals surface area contributed by atoms with Crippen LogP contribution in [0.2, 0.25) is 5.02 Å². The first-order valence-corrected chi connectivity index (χ1v) is 7.59. The maximum Gasteiger partial charge on any atom is 0.248 e. The Morgan fingerprint density at radius 2 is 2.17 bits per heavy atom. The van der Waals surface area contributed by atoms with Crippen molar-refractivity contribution in [1.82, 2.24) is 5.32 Å². The van der Waals surface area contributed by atoms with Crippen molar-refractivity contribution in [1.29, 1.82) is 0 Å². The van der Waals surface area contributed by atoms with Crippen LogP contribution in [0.5, 0.6) is 0 Å². The third-order valence-corrected chi connectivity index (χ3v) is 4.54. The number of hydrogen-bond donors (Lipinski definition) is 2. The van der Waals surface area contributed by atoms with Crippen molar-refractivity contribution < 1.29 is 4.79 Å². The van der Waals surface area contributed by atoms with Gasteiger partial charge in [-0.05, 0) is 42.0 Å². The summed E-state index contributed by atoms with van der Waals surface area (Å²) in [5.74, 6) is 2.01. The SMILES string of the molecule is NC(=O)c1ccc(CNC2CCSCC2)c(Cl)c1. The Labute approximate surface area is 116 Å². The molecule has 18 heavy (non-hydrogen) atoms. The molecule has 1 fully saturated rings. The number of halogens is 1. The number of amides is 1. The lowest BCUT2D eigenvalue weighted by molar-refractivity contribution is 0.100. The maximum absolute atomic E-state index is 11.0. The minimum Gasteiger partial charge on any atom is -0.366 e. The summed E-state index contributed by atoms with van der Waals surface area (Å²) in [5, 5.41) is 4.11. The Bertz CT molecular complexity index is 433. The zero-order valence-electron chi connectivity index (χ0n) is 10.1. The third kappa shape index (κ3) is 3.64. The normalized spacial score (nSPS) is 16.7. The molecule has 0 aromatic heterocycles. The molecule has 1 amide bonds. The summed E-state index contributed by atoms with van der Waals surface area (Å²) in [5.41, 5.74) is 6.68. The fourth-order valence-electron chi connectivity index (χ4n) is 2.00. The molecule has 1 heterocycles. The molecule has 0 bridgehead atoms. The van der Waals surface area contributed by atoms with Gasteiger partial charge in [0, 0.05) is 23.2 Å². The number of hydrogen-bond acceptors (Lipinski definition) is 3. The highest BCUT2D eigenvalue weighted by atomic mass is 35.5. The van der Waals surface area contributed by atoms with Crippen LogP contribution in [0.15, 0.2) is 18.2 Å². The lowest BCUT2D eigenvalue weighted by atomic mass is 10.1. The molecule has 98 valence electrons. The number of nitrogens with one attached hydrogen (secondary N) is 1. The molecule has 0 radical (unpaired) electrons. The van der Waals surface area contributed by atoms with E-state index in [1.165, 1.54) is 24.3 Å². The fraction of sp³-hybridized carbons (Fsp3) is 0.462. The van der Waals surface area contributed by atoms with Gasteiger partial charge in [-0.3, -0.25) is 4.79 Å². The zero-order chi connectivity index (χ0) is 13.0. The van der Waals surface area contributed by atoms with Crippen LogP contribution in [0.4, 0.5) is 0 Å². The Kier molecular flexibility index (Phi) is 4.92. The van der Waals surface area contributed by atoms with Crippen LogP contribution in [-0.2, 0) is 6.54 Å². The van der Waals surface area contributed by atoms with Crippen LogP contribution in [0.3, 0.4) is 0 Å². The number of nitrogens with two attached hydrogens (primary N) is 1. The first-order valence-electron chi connectivity index (χ1n) is 6.06. The van der Waals surface area contributed by atoms with Gasteiger partial charge in [0.1, 0.15) is 0 Å². The van der Waals surface area contributed by atoms with Crippen LogP contribution in [0.1, 0.15) is 28.8 Å². The summed E-state index contributed by atoms with van der Waals surface area (Å²) in [7, 11) is 0. The molecule has 0 aliphatic carbocycles. The monoisotopic (exact) mass is 284 g/mol. The molecule has 1 aliphatic rings. The summed E-state index contributed by atoms with van der Waals surface area (Å²) in [6.07, 6.45) is 2.42. The highest BCUT2D eigenvalue weighted by Gasteiger charge is 2.13. The number of carbonyl (C=O) groups excluding carboxylic acids is 1. The van der Waals surface area contributed by atoms with Crippen molar-refractivity contribution in [3.8, 4) is 0 Å². The van der Waals surface area contributed by atoms with E-state index in [-0.39, 0.29) is 0 Å². The maximum atomic E-state index is 11.0. The van der Waals surface area contributed by atoms with E-state index < -0.39 is 5.91 Å². The van der Waals surface area contributed by atoms with Crippen molar-refractivity contribution in [3.63, 3.8) is 0 Å². The van der Waals surface area contributed by atoms with Gasteiger partial charge in [0.05, 0.1) is 0 Å². The van der Waals surface area contributed by atoms with Crippen LogP contribution in [0.25, 0.3) is 0 Å². The van der Waals surface area contributed by atoms with Crippen LogP contribution in [-0.4, -0.2) is 23.5 Å². The Balaban J connectivity index is 1.94. The molecule has 0 spiro atoms. The van der Waals surface area contributed by atoms with Gasteiger partial charge in [-0.2, -0.15) is 11.8 Å². The van der Waals surface area contributed by atoms with E-state index in [1.807, 2.05) is 17.8 Å². The molecule has 2 rings (SSSR count). The van der Waals surface area contributed by atoms with E-state index in [4.69, 9.17) is 17.3 Å². The van der Waals surface area contributed by atoms with E-state index in [0.29, 0.717) is 16.6 Å². The lowest BCUT2D eigenvalue weighted by Crippen LogP contribution is -2.32. The van der Waals surface area contributed by atoms with Crippen molar-refractivity contribution in [2.45, 2.75) is 25.4 Å². The van der Waals surface area contributed by atoms with Gasteiger partial charge >= 0.3 is 0 Å². The second-order valence-corrected chi connectivity index (χ2v) is 6.07. The molecule has 0 saturated carbocycles. The Morgan fingerprint density at radius 3 is 2.78 bits per heavy atom. The van der Waals surface area contributed by atoms with Gasteiger partial charge in [-0.1, -0.05) is 17.7 Å². The second-order valence-electron chi connectivity index (χ2n) is 4.44. The van der Waals surface area contributed by atoms with E-state index in [1.54, 1.807) is 12.1 Å². The van der Waals surface area contributed by atoms with Crippen LogP contribution < -0.4 is 11.1 Å². The molecule has 1 aromatic carbocycles.